The Bertz CT molecular complexity index is 546. The van der Waals surface area contributed by atoms with Crippen molar-refractivity contribution < 1.29 is 8.42 Å². The zero-order chi connectivity index (χ0) is 15.5. The Morgan fingerprint density at radius 3 is 2.57 bits per heavy atom. The minimum atomic E-state index is -3.37. The number of thiophene rings is 1. The molecule has 0 unspecified atom stereocenters. The van der Waals surface area contributed by atoms with Crippen LogP contribution < -0.4 is 5.73 Å². The highest BCUT2D eigenvalue weighted by molar-refractivity contribution is 7.91. The van der Waals surface area contributed by atoms with E-state index in [1.165, 1.54) is 11.3 Å². The van der Waals surface area contributed by atoms with Gasteiger partial charge in [-0.25, -0.2) is 8.42 Å². The Balaban J connectivity index is 2.24. The molecule has 0 bridgehead atoms. The van der Waals surface area contributed by atoms with Gasteiger partial charge in [-0.3, -0.25) is 0 Å². The summed E-state index contributed by atoms with van der Waals surface area (Å²) in [7, 11) is -3.37. The molecule has 4 nitrogen and oxygen atoms in total. The molecule has 1 aliphatic rings. The maximum Gasteiger partial charge on any atom is 0.252 e. The molecule has 21 heavy (non-hydrogen) atoms. The van der Waals surface area contributed by atoms with Crippen molar-refractivity contribution in [3.8, 4) is 0 Å². The van der Waals surface area contributed by atoms with Gasteiger partial charge in [0.15, 0.2) is 0 Å². The van der Waals surface area contributed by atoms with E-state index in [2.05, 4.69) is 13.8 Å². The van der Waals surface area contributed by atoms with E-state index in [1.54, 1.807) is 10.4 Å². The van der Waals surface area contributed by atoms with E-state index in [0.29, 0.717) is 23.2 Å². The third-order valence-corrected chi connectivity index (χ3v) is 7.50. The van der Waals surface area contributed by atoms with Crippen LogP contribution in [0.2, 0.25) is 0 Å². The molecule has 6 heteroatoms. The van der Waals surface area contributed by atoms with Crippen molar-refractivity contribution in [2.75, 3.05) is 6.54 Å². The van der Waals surface area contributed by atoms with Crippen molar-refractivity contribution in [1.29, 1.82) is 0 Å². The van der Waals surface area contributed by atoms with Gasteiger partial charge in [-0.2, -0.15) is 4.31 Å². The molecule has 2 rings (SSSR count). The molecule has 1 saturated carbocycles. The van der Waals surface area contributed by atoms with E-state index in [-0.39, 0.29) is 6.04 Å². The minimum Gasteiger partial charge on any atom is -0.326 e. The van der Waals surface area contributed by atoms with E-state index in [1.807, 2.05) is 5.38 Å². The number of rotatable bonds is 7. The lowest BCUT2D eigenvalue weighted by atomic mass is 10.1. The number of nitrogens with two attached hydrogens (primary N) is 1. The summed E-state index contributed by atoms with van der Waals surface area (Å²) in [5, 5.41) is 1.85. The van der Waals surface area contributed by atoms with Crippen LogP contribution in [0, 0.1) is 5.92 Å². The maximum absolute atomic E-state index is 13.0. The van der Waals surface area contributed by atoms with E-state index < -0.39 is 10.0 Å². The summed E-state index contributed by atoms with van der Waals surface area (Å²) in [6.07, 6.45) is 5.16. The van der Waals surface area contributed by atoms with Crippen molar-refractivity contribution in [2.45, 2.75) is 62.7 Å². The Labute approximate surface area is 132 Å². The molecule has 1 aromatic rings. The summed E-state index contributed by atoms with van der Waals surface area (Å²) >= 11 is 1.29. The fourth-order valence-electron chi connectivity index (χ4n) is 2.79. The van der Waals surface area contributed by atoms with Crippen LogP contribution in [0.15, 0.2) is 15.7 Å². The smallest absolute Gasteiger partial charge is 0.252 e. The second kappa shape index (κ2) is 7.22. The highest BCUT2D eigenvalue weighted by Crippen LogP contribution is 2.31. The lowest BCUT2D eigenvalue weighted by Gasteiger charge is -2.28. The highest BCUT2D eigenvalue weighted by atomic mass is 32.2. The molecule has 0 aromatic carbocycles. The molecule has 120 valence electrons. The number of hydrogen-bond donors (Lipinski definition) is 1. The molecular weight excluding hydrogens is 304 g/mol. The summed E-state index contributed by atoms with van der Waals surface area (Å²) in [6.45, 7) is 5.29. The molecule has 0 amide bonds. The van der Waals surface area contributed by atoms with Gasteiger partial charge in [0, 0.05) is 19.1 Å². The Morgan fingerprint density at radius 1 is 1.38 bits per heavy atom. The summed E-state index contributed by atoms with van der Waals surface area (Å²) in [5.74, 6) is 0.507. The zero-order valence-corrected chi connectivity index (χ0v) is 14.5. The normalized spacial score (nSPS) is 17.2. The molecule has 1 aromatic heterocycles. The topological polar surface area (TPSA) is 63.4 Å². The monoisotopic (exact) mass is 330 g/mol. The van der Waals surface area contributed by atoms with Crippen molar-refractivity contribution in [3.05, 3.63) is 17.0 Å². The second-order valence-electron chi connectivity index (χ2n) is 6.21. The summed E-state index contributed by atoms with van der Waals surface area (Å²) < 4.78 is 28.1. The molecule has 0 aliphatic heterocycles. The van der Waals surface area contributed by atoms with Crippen molar-refractivity contribution in [1.82, 2.24) is 4.31 Å². The Hall–Kier alpha value is -0.430. The highest BCUT2D eigenvalue weighted by Gasteiger charge is 2.33. The fraction of sp³-hybridized carbons (Fsp3) is 0.733. The van der Waals surface area contributed by atoms with Crippen LogP contribution in [-0.4, -0.2) is 25.3 Å². The summed E-state index contributed by atoms with van der Waals surface area (Å²) in [6, 6.07) is 1.91. The van der Waals surface area contributed by atoms with Crippen LogP contribution in [0.5, 0.6) is 0 Å². The van der Waals surface area contributed by atoms with E-state index in [4.69, 9.17) is 5.73 Å². The van der Waals surface area contributed by atoms with Gasteiger partial charge in [-0.1, -0.05) is 26.7 Å². The zero-order valence-electron chi connectivity index (χ0n) is 12.9. The molecule has 1 heterocycles. The average Bonchev–Trinajstić information content (AvgIpc) is 3.09. The third kappa shape index (κ3) is 4.06. The van der Waals surface area contributed by atoms with Gasteiger partial charge in [-0.15, -0.1) is 11.3 Å². The molecule has 0 radical (unpaired) electrons. The molecule has 0 spiro atoms. The molecule has 1 aliphatic carbocycles. The standard InChI is InChI=1S/C15H26N2O2S2/c1-12(2)7-8-17(14-5-3-4-6-14)21(18,19)15-9-13(10-16)11-20-15/h9,11-12,14H,3-8,10,16H2,1-2H3. The van der Waals surface area contributed by atoms with Gasteiger partial charge < -0.3 is 5.73 Å². The van der Waals surface area contributed by atoms with Crippen LogP contribution in [0.3, 0.4) is 0 Å². The lowest BCUT2D eigenvalue weighted by Crippen LogP contribution is -2.39. The Morgan fingerprint density at radius 2 is 2.05 bits per heavy atom. The molecule has 0 saturated heterocycles. The fourth-order valence-corrected chi connectivity index (χ4v) is 5.84. The lowest BCUT2D eigenvalue weighted by molar-refractivity contribution is 0.305. The number of sulfonamides is 1. The quantitative estimate of drug-likeness (QED) is 0.835. The number of hydrogen-bond acceptors (Lipinski definition) is 4. The van der Waals surface area contributed by atoms with Crippen LogP contribution in [0.1, 0.15) is 51.5 Å². The largest absolute Gasteiger partial charge is 0.326 e. The Kier molecular flexibility index (Phi) is 5.82. The van der Waals surface area contributed by atoms with Crippen LogP contribution in [-0.2, 0) is 16.6 Å². The van der Waals surface area contributed by atoms with Gasteiger partial charge in [-0.05, 0) is 42.2 Å². The maximum atomic E-state index is 13.0. The van der Waals surface area contributed by atoms with E-state index >= 15 is 0 Å². The van der Waals surface area contributed by atoms with Gasteiger partial charge in [0.2, 0.25) is 0 Å². The van der Waals surface area contributed by atoms with Crippen molar-refractivity contribution >= 4 is 21.4 Å². The van der Waals surface area contributed by atoms with Crippen LogP contribution in [0.4, 0.5) is 0 Å². The van der Waals surface area contributed by atoms with Gasteiger partial charge in [0.1, 0.15) is 4.21 Å². The van der Waals surface area contributed by atoms with Crippen LogP contribution in [0.25, 0.3) is 0 Å². The van der Waals surface area contributed by atoms with Crippen molar-refractivity contribution in [2.24, 2.45) is 11.7 Å². The third-order valence-electron chi connectivity index (χ3n) is 4.09. The van der Waals surface area contributed by atoms with Crippen molar-refractivity contribution in [3.63, 3.8) is 0 Å². The molecule has 2 N–H and O–H groups in total. The van der Waals surface area contributed by atoms with Gasteiger partial charge in [0.25, 0.3) is 10.0 Å². The minimum absolute atomic E-state index is 0.178. The first-order chi connectivity index (χ1) is 9.95. The number of nitrogens with zero attached hydrogens (tertiary/aromatic N) is 1. The molecule has 1 fully saturated rings. The SMILES string of the molecule is CC(C)CCN(C1CCCC1)S(=O)(=O)c1cc(CN)cs1. The van der Waals surface area contributed by atoms with Crippen LogP contribution >= 0.6 is 11.3 Å². The average molecular weight is 331 g/mol. The first-order valence-electron chi connectivity index (χ1n) is 7.74. The van der Waals surface area contributed by atoms with E-state index in [0.717, 1.165) is 37.7 Å². The second-order valence-corrected chi connectivity index (χ2v) is 9.24. The van der Waals surface area contributed by atoms with Gasteiger partial charge in [0.05, 0.1) is 0 Å². The first-order valence-corrected chi connectivity index (χ1v) is 10.1. The van der Waals surface area contributed by atoms with Gasteiger partial charge >= 0.3 is 0 Å². The molecular formula is C15H26N2O2S2. The predicted octanol–water partition coefficient (Wildman–Crippen LogP) is 3.19. The summed E-state index contributed by atoms with van der Waals surface area (Å²) in [4.78, 5) is 0. The molecule has 0 atom stereocenters. The first kappa shape index (κ1) is 16.9. The summed E-state index contributed by atoms with van der Waals surface area (Å²) in [5.41, 5.74) is 6.50. The predicted molar refractivity (Wildman–Crippen MR) is 87.8 cm³/mol. The van der Waals surface area contributed by atoms with E-state index in [9.17, 15) is 8.42 Å².